The zero-order valence-corrected chi connectivity index (χ0v) is 32.7. The number of fused-ring (bicyclic) bond motifs is 1. The van der Waals surface area contributed by atoms with Crippen molar-refractivity contribution in [2.24, 2.45) is 23.7 Å². The summed E-state index contributed by atoms with van der Waals surface area (Å²) in [4.78, 5) is 87.1. The molecule has 4 amide bonds. The lowest BCUT2D eigenvalue weighted by atomic mass is 9.94. The second-order valence-corrected chi connectivity index (χ2v) is 15.3. The van der Waals surface area contributed by atoms with E-state index in [4.69, 9.17) is 9.47 Å². The van der Waals surface area contributed by atoms with E-state index in [1.807, 2.05) is 44.2 Å². The molecule has 2 aliphatic rings. The molecule has 1 aromatic carbocycles. The third-order valence-corrected chi connectivity index (χ3v) is 10.6. The fourth-order valence-corrected chi connectivity index (χ4v) is 7.05. The van der Waals surface area contributed by atoms with Gasteiger partial charge in [-0.3, -0.25) is 19.2 Å². The van der Waals surface area contributed by atoms with E-state index in [1.165, 1.54) is 16.8 Å². The molecular weight excluding hydrogens is 664 g/mol. The van der Waals surface area contributed by atoms with Crippen LogP contribution in [0.25, 0.3) is 0 Å². The molecule has 12 nitrogen and oxygen atoms in total. The first kappa shape index (κ1) is 42.5. The highest BCUT2D eigenvalue weighted by Crippen LogP contribution is 2.25. The van der Waals surface area contributed by atoms with Crippen LogP contribution in [-0.4, -0.2) is 95.3 Å². The molecule has 8 atom stereocenters. The number of nitrogens with one attached hydrogen (secondary N) is 2. The molecule has 52 heavy (non-hydrogen) atoms. The fraction of sp³-hybridized carbons (Fsp3) is 0.700. The molecule has 0 bridgehead atoms. The predicted octanol–water partition coefficient (Wildman–Crippen LogP) is 4.43. The molecule has 2 heterocycles. The Morgan fingerprint density at radius 3 is 2.06 bits per heavy atom. The maximum absolute atomic E-state index is 14.4. The van der Waals surface area contributed by atoms with Crippen molar-refractivity contribution in [3.63, 3.8) is 0 Å². The van der Waals surface area contributed by atoms with Crippen molar-refractivity contribution in [3.8, 4) is 0 Å². The Hall–Kier alpha value is -3.96. The maximum atomic E-state index is 14.4. The summed E-state index contributed by atoms with van der Waals surface area (Å²) in [5, 5.41) is 5.79. The Bertz CT molecular complexity index is 1380. The highest BCUT2D eigenvalue weighted by Gasteiger charge is 2.44. The third-order valence-electron chi connectivity index (χ3n) is 10.6. The molecule has 2 unspecified atom stereocenters. The van der Waals surface area contributed by atoms with E-state index in [-0.39, 0.29) is 24.8 Å². The highest BCUT2D eigenvalue weighted by molar-refractivity contribution is 5.95. The van der Waals surface area contributed by atoms with Crippen LogP contribution in [0.1, 0.15) is 106 Å². The normalized spacial score (nSPS) is 28.0. The smallest absolute Gasteiger partial charge is 0.329 e. The van der Waals surface area contributed by atoms with Crippen molar-refractivity contribution in [1.82, 2.24) is 20.4 Å². The number of rotatable bonds is 10. The molecule has 2 N–H and O–H groups in total. The number of cyclic esters (lactones) is 2. The zero-order chi connectivity index (χ0) is 38.7. The van der Waals surface area contributed by atoms with Gasteiger partial charge in [0.05, 0.1) is 5.92 Å². The second kappa shape index (κ2) is 19.8. The van der Waals surface area contributed by atoms with E-state index in [0.29, 0.717) is 32.1 Å². The average Bonchev–Trinajstić information content (AvgIpc) is 3.61. The van der Waals surface area contributed by atoms with Gasteiger partial charge in [0.15, 0.2) is 6.10 Å². The van der Waals surface area contributed by atoms with Crippen LogP contribution in [0.5, 0.6) is 0 Å². The third kappa shape index (κ3) is 10.8. The number of hydrogen-bond donors (Lipinski definition) is 2. The molecule has 290 valence electrons. The Balaban J connectivity index is 2.14. The van der Waals surface area contributed by atoms with E-state index in [1.54, 1.807) is 34.6 Å². The molecule has 0 saturated carbocycles. The fourth-order valence-electron chi connectivity index (χ4n) is 7.05. The first-order valence-electron chi connectivity index (χ1n) is 19.2. The second-order valence-electron chi connectivity index (χ2n) is 15.3. The molecule has 0 aliphatic carbocycles. The predicted molar refractivity (Wildman–Crippen MR) is 197 cm³/mol. The van der Waals surface area contributed by atoms with Crippen molar-refractivity contribution in [3.05, 3.63) is 35.9 Å². The van der Waals surface area contributed by atoms with Crippen molar-refractivity contribution in [2.75, 3.05) is 13.6 Å². The summed E-state index contributed by atoms with van der Waals surface area (Å²) in [6.07, 6.45) is 2.36. The molecular formula is C40H62N4O8. The standard InChI is InChI=1S/C40H62N4O8/c1-10-12-14-21-30-27(8)35(45)41-32(24(3)4)38(48)43(9)34(25(5)6)40(50)52-31(23-28-18-15-13-16-19-28)37(47)44-22-17-20-29(44)36(46)42-33(26(7)11-2)39(49)51-30/h13,15-16,18-19,24-27,29-34H,10-12,14,17,20-23H2,1-9H3,(H,41,45)(H,42,46)/t26-,27-,29-,30?,31-,32-,33-,34?/m0/s1. The van der Waals surface area contributed by atoms with Gasteiger partial charge in [-0.15, -0.1) is 0 Å². The average molecular weight is 727 g/mol. The molecule has 2 aliphatic heterocycles. The molecule has 0 radical (unpaired) electrons. The molecule has 0 aromatic heterocycles. The maximum Gasteiger partial charge on any atom is 0.329 e. The van der Waals surface area contributed by atoms with Gasteiger partial charge < -0.3 is 29.9 Å². The van der Waals surface area contributed by atoms with E-state index >= 15 is 0 Å². The summed E-state index contributed by atoms with van der Waals surface area (Å²) in [6.45, 7) is 14.9. The molecule has 12 heteroatoms. The summed E-state index contributed by atoms with van der Waals surface area (Å²) in [7, 11) is 1.50. The van der Waals surface area contributed by atoms with E-state index in [0.717, 1.165) is 18.4 Å². The van der Waals surface area contributed by atoms with Crippen LogP contribution in [0.4, 0.5) is 0 Å². The van der Waals surface area contributed by atoms with Crippen LogP contribution in [0, 0.1) is 23.7 Å². The summed E-state index contributed by atoms with van der Waals surface area (Å²) in [5.41, 5.74) is 0.752. The highest BCUT2D eigenvalue weighted by atomic mass is 16.6. The number of hydrogen-bond acceptors (Lipinski definition) is 8. The molecule has 2 saturated heterocycles. The first-order valence-corrected chi connectivity index (χ1v) is 19.2. The van der Waals surface area contributed by atoms with Gasteiger partial charge >= 0.3 is 11.9 Å². The lowest BCUT2D eigenvalue weighted by molar-refractivity contribution is -0.168. The Kier molecular flexibility index (Phi) is 16.1. The van der Waals surface area contributed by atoms with E-state index in [9.17, 15) is 28.8 Å². The van der Waals surface area contributed by atoms with Crippen LogP contribution < -0.4 is 10.6 Å². The van der Waals surface area contributed by atoms with Gasteiger partial charge in [0.25, 0.3) is 5.91 Å². The lowest BCUT2D eigenvalue weighted by Crippen LogP contribution is -2.57. The van der Waals surface area contributed by atoms with Gasteiger partial charge in [-0.05, 0) is 49.0 Å². The van der Waals surface area contributed by atoms with Gasteiger partial charge in [0, 0.05) is 20.0 Å². The van der Waals surface area contributed by atoms with E-state index < -0.39 is 83.8 Å². The van der Waals surface area contributed by atoms with Crippen molar-refractivity contribution < 1.29 is 38.2 Å². The molecule has 0 spiro atoms. The van der Waals surface area contributed by atoms with E-state index in [2.05, 4.69) is 17.6 Å². The SMILES string of the molecule is CCCCCC1OC(=O)[C@H]([C@@H](C)CC)NC(=O)[C@@H]2CCCN2C(=O)[C@H](Cc2ccccc2)OC(=O)C(C(C)C)N(C)C(=O)[C@H](C(C)C)NC(=O)[C@H]1C. The summed E-state index contributed by atoms with van der Waals surface area (Å²) in [6, 6.07) is 5.15. The monoisotopic (exact) mass is 726 g/mol. The number of amides is 4. The van der Waals surface area contributed by atoms with Crippen LogP contribution in [0.15, 0.2) is 30.3 Å². The van der Waals surface area contributed by atoms with Gasteiger partial charge in [-0.1, -0.05) is 105 Å². The van der Waals surface area contributed by atoms with Gasteiger partial charge in [-0.2, -0.15) is 0 Å². The summed E-state index contributed by atoms with van der Waals surface area (Å²) in [5.74, 6) is -5.25. The summed E-state index contributed by atoms with van der Waals surface area (Å²) >= 11 is 0. The lowest BCUT2D eigenvalue weighted by Gasteiger charge is -2.35. The zero-order valence-electron chi connectivity index (χ0n) is 32.7. The number of carbonyl (C=O) groups excluding carboxylic acids is 6. The number of unbranched alkanes of at least 4 members (excludes halogenated alkanes) is 2. The minimum absolute atomic E-state index is 0.0581. The van der Waals surface area contributed by atoms with Crippen molar-refractivity contribution in [2.45, 2.75) is 143 Å². The first-order chi connectivity index (χ1) is 24.6. The Morgan fingerprint density at radius 2 is 1.46 bits per heavy atom. The number of esters is 2. The van der Waals surface area contributed by atoms with Crippen LogP contribution in [-0.2, 0) is 44.7 Å². The van der Waals surface area contributed by atoms with Crippen LogP contribution in [0.2, 0.25) is 0 Å². The van der Waals surface area contributed by atoms with Crippen LogP contribution in [0.3, 0.4) is 0 Å². The topological polar surface area (TPSA) is 151 Å². The number of likely N-dealkylation sites (N-methyl/N-ethyl adjacent to an activating group) is 1. The summed E-state index contributed by atoms with van der Waals surface area (Å²) < 4.78 is 12.1. The van der Waals surface area contributed by atoms with Gasteiger partial charge in [0.2, 0.25) is 17.7 Å². The van der Waals surface area contributed by atoms with Gasteiger partial charge in [-0.25, -0.2) is 9.59 Å². The van der Waals surface area contributed by atoms with Gasteiger partial charge in [0.1, 0.15) is 30.3 Å². The Labute approximate surface area is 310 Å². The van der Waals surface area contributed by atoms with Crippen LogP contribution >= 0.6 is 0 Å². The molecule has 1 aromatic rings. The number of nitrogens with zero attached hydrogens (tertiary/aromatic N) is 2. The number of ether oxygens (including phenoxy) is 2. The van der Waals surface area contributed by atoms with Crippen molar-refractivity contribution in [1.29, 1.82) is 0 Å². The quantitative estimate of drug-likeness (QED) is 0.266. The number of benzene rings is 1. The Morgan fingerprint density at radius 1 is 0.808 bits per heavy atom. The largest absolute Gasteiger partial charge is 0.460 e. The molecule has 2 fully saturated rings. The number of carbonyl (C=O) groups is 6. The molecule has 3 rings (SSSR count). The minimum Gasteiger partial charge on any atom is -0.460 e. The van der Waals surface area contributed by atoms with Crippen molar-refractivity contribution >= 4 is 35.6 Å². The minimum atomic E-state index is -1.28.